The van der Waals surface area contributed by atoms with E-state index in [9.17, 15) is 9.90 Å². The molecule has 0 heterocycles. The van der Waals surface area contributed by atoms with Gasteiger partial charge in [-0.2, -0.15) is 0 Å². The van der Waals surface area contributed by atoms with Crippen LogP contribution in [0.15, 0.2) is 30.3 Å². The number of hydrogen-bond acceptors (Lipinski definition) is 2. The highest BCUT2D eigenvalue weighted by Gasteiger charge is 2.67. The van der Waals surface area contributed by atoms with Crippen LogP contribution in [0.4, 0.5) is 0 Å². The molecule has 0 radical (unpaired) electrons. The van der Waals surface area contributed by atoms with Gasteiger partial charge in [0.2, 0.25) is 0 Å². The fraction of sp³-hybridized carbons (Fsp3) is 0.821. The maximum absolute atomic E-state index is 12.6. The molecule has 3 heteroatoms. The molecule has 0 aliphatic heterocycles. The normalized spacial score (nSPS) is 46.6. The Balaban J connectivity index is 1.18. The minimum atomic E-state index is -0.664. The minimum Gasteiger partial charge on any atom is -0.480 e. The van der Waals surface area contributed by atoms with Crippen molar-refractivity contribution in [2.24, 2.45) is 76.9 Å². The maximum Gasteiger partial charge on any atom is 0.321 e. The summed E-state index contributed by atoms with van der Waals surface area (Å²) in [6.07, 6.45) is 24.3. The second kappa shape index (κ2) is 11.9. The number of hydrogen-bond donors (Lipinski definition) is 2. The van der Waals surface area contributed by atoms with E-state index in [1.165, 1.54) is 103 Å². The van der Waals surface area contributed by atoms with E-state index in [4.69, 9.17) is 0 Å². The fourth-order valence-electron chi connectivity index (χ4n) is 14.1. The first kappa shape index (κ1) is 28.1. The average molecular weight is 572 g/mol. The summed E-state index contributed by atoms with van der Waals surface area (Å²) in [5.74, 6) is 11.4. The molecule has 7 saturated carbocycles. The molecule has 3 nitrogen and oxygen atoms in total. The van der Waals surface area contributed by atoms with Crippen LogP contribution < -0.4 is 5.32 Å². The van der Waals surface area contributed by atoms with Gasteiger partial charge in [-0.1, -0.05) is 81.7 Å². The highest BCUT2D eigenvalue weighted by atomic mass is 16.4. The summed E-state index contributed by atoms with van der Waals surface area (Å²) in [5.41, 5.74) is 1.14. The van der Waals surface area contributed by atoms with Crippen LogP contribution in [0, 0.1) is 76.9 Å². The van der Waals surface area contributed by atoms with Gasteiger partial charge in [0.1, 0.15) is 6.04 Å². The summed E-state index contributed by atoms with van der Waals surface area (Å²) in [6.45, 7) is 0.952. The van der Waals surface area contributed by atoms with Gasteiger partial charge in [0.25, 0.3) is 0 Å². The van der Waals surface area contributed by atoms with E-state index >= 15 is 0 Å². The van der Waals surface area contributed by atoms with Crippen LogP contribution in [0.1, 0.15) is 108 Å². The summed E-state index contributed by atoms with van der Waals surface area (Å²) in [5, 5.41) is 14.2. The lowest BCUT2D eigenvalue weighted by atomic mass is 9.46. The second-order valence-electron chi connectivity index (χ2n) is 16.4. The lowest BCUT2D eigenvalue weighted by Crippen LogP contribution is -2.52. The zero-order valence-corrected chi connectivity index (χ0v) is 26.1. The van der Waals surface area contributed by atoms with Crippen molar-refractivity contribution in [1.29, 1.82) is 0 Å². The molecular weight excluding hydrogens is 514 g/mol. The molecule has 13 unspecified atom stereocenters. The van der Waals surface area contributed by atoms with E-state index in [2.05, 4.69) is 29.6 Å². The smallest absolute Gasteiger partial charge is 0.321 e. The summed E-state index contributed by atoms with van der Waals surface area (Å²) in [6, 6.07) is 9.87. The van der Waals surface area contributed by atoms with Gasteiger partial charge in [-0.25, -0.2) is 0 Å². The lowest BCUT2D eigenvalue weighted by Gasteiger charge is -2.59. The first-order chi connectivity index (χ1) is 20.7. The Kier molecular flexibility index (Phi) is 7.95. The molecule has 0 saturated heterocycles. The monoisotopic (exact) mass is 571 g/mol. The Bertz CT molecular complexity index is 1030. The molecule has 7 aliphatic rings. The largest absolute Gasteiger partial charge is 0.480 e. The van der Waals surface area contributed by atoms with Crippen LogP contribution in [0.5, 0.6) is 0 Å². The van der Waals surface area contributed by atoms with E-state index in [0.717, 1.165) is 83.1 Å². The van der Waals surface area contributed by atoms with E-state index in [-0.39, 0.29) is 0 Å². The molecule has 0 amide bonds. The van der Waals surface area contributed by atoms with Crippen molar-refractivity contribution in [1.82, 2.24) is 5.32 Å². The van der Waals surface area contributed by atoms with Gasteiger partial charge in [0.05, 0.1) is 0 Å². The molecule has 42 heavy (non-hydrogen) atoms. The number of rotatable bonds is 6. The highest BCUT2D eigenvalue weighted by Crippen LogP contribution is 2.72. The SMILES string of the molecule is O=C(O)C(Cc1ccccc1)NCC1C2C3CCCCC3C3CCCCC3C2C2C3CCCCC3C3CCCCC3C12. The van der Waals surface area contributed by atoms with Crippen molar-refractivity contribution in [3.05, 3.63) is 35.9 Å². The zero-order valence-electron chi connectivity index (χ0n) is 26.1. The van der Waals surface area contributed by atoms with Gasteiger partial charge in [0.15, 0.2) is 0 Å². The first-order valence-electron chi connectivity index (χ1n) is 18.7. The number of benzene rings is 1. The molecule has 13 atom stereocenters. The topological polar surface area (TPSA) is 49.3 Å². The van der Waals surface area contributed by atoms with Gasteiger partial charge in [-0.3, -0.25) is 4.79 Å². The third-order valence-electron chi connectivity index (χ3n) is 15.1. The number of carbonyl (C=O) groups is 1. The molecule has 8 rings (SSSR count). The molecule has 230 valence electrons. The van der Waals surface area contributed by atoms with Gasteiger partial charge >= 0.3 is 5.97 Å². The second-order valence-corrected chi connectivity index (χ2v) is 16.4. The van der Waals surface area contributed by atoms with E-state index < -0.39 is 12.0 Å². The van der Waals surface area contributed by atoms with Crippen molar-refractivity contribution in [2.75, 3.05) is 6.54 Å². The summed E-state index contributed by atoms with van der Waals surface area (Å²) in [4.78, 5) is 12.6. The highest BCUT2D eigenvalue weighted by molar-refractivity contribution is 5.73. The molecule has 0 spiro atoms. The number of aliphatic carboxylic acids is 1. The Morgan fingerprint density at radius 3 is 1.38 bits per heavy atom. The van der Waals surface area contributed by atoms with E-state index in [1.54, 1.807) is 0 Å². The quantitative estimate of drug-likeness (QED) is 0.359. The third-order valence-corrected chi connectivity index (χ3v) is 15.1. The molecule has 0 bridgehead atoms. The molecular formula is C39H57NO2. The van der Waals surface area contributed by atoms with Gasteiger partial charge < -0.3 is 10.4 Å². The summed E-state index contributed by atoms with van der Waals surface area (Å²) >= 11 is 0. The molecule has 7 aliphatic carbocycles. The van der Waals surface area contributed by atoms with Crippen LogP contribution in [-0.2, 0) is 11.2 Å². The van der Waals surface area contributed by atoms with Gasteiger partial charge in [-0.15, -0.1) is 0 Å². The van der Waals surface area contributed by atoms with Crippen molar-refractivity contribution in [3.8, 4) is 0 Å². The van der Waals surface area contributed by atoms with E-state index in [0.29, 0.717) is 12.3 Å². The zero-order chi connectivity index (χ0) is 28.2. The standard InChI is InChI=1S/C39H57NO2/c41-39(42)34(22-24-12-2-1-3-13-24)40-23-33-35-29-18-8-4-14-25(29)27-16-6-10-20-31(27)37(35)38-32-21-11-7-17-28(32)26-15-5-9-19-30(26)36(33)38/h1-3,12-13,25-38,40H,4-11,14-23H2,(H,41,42). The van der Waals surface area contributed by atoms with Crippen LogP contribution in [-0.4, -0.2) is 23.7 Å². The average Bonchev–Trinajstić information content (AvgIpc) is 3.39. The first-order valence-corrected chi connectivity index (χ1v) is 18.7. The molecule has 1 aromatic carbocycles. The van der Waals surface area contributed by atoms with Crippen molar-refractivity contribution in [3.63, 3.8) is 0 Å². The summed E-state index contributed by atoms with van der Waals surface area (Å²) < 4.78 is 0. The van der Waals surface area contributed by atoms with Crippen molar-refractivity contribution < 1.29 is 9.90 Å². The Labute approximate surface area is 255 Å². The van der Waals surface area contributed by atoms with Crippen LogP contribution in [0.3, 0.4) is 0 Å². The van der Waals surface area contributed by atoms with Crippen LogP contribution in [0.2, 0.25) is 0 Å². The van der Waals surface area contributed by atoms with E-state index in [1.807, 2.05) is 6.07 Å². The fourth-order valence-corrected chi connectivity index (χ4v) is 14.1. The predicted molar refractivity (Wildman–Crippen MR) is 169 cm³/mol. The molecule has 0 aromatic heterocycles. The van der Waals surface area contributed by atoms with Crippen LogP contribution in [0.25, 0.3) is 0 Å². The van der Waals surface area contributed by atoms with Crippen molar-refractivity contribution in [2.45, 2.75) is 115 Å². The van der Waals surface area contributed by atoms with Crippen LogP contribution >= 0.6 is 0 Å². The summed E-state index contributed by atoms with van der Waals surface area (Å²) in [7, 11) is 0. The Hall–Kier alpha value is -1.35. The Morgan fingerprint density at radius 2 is 0.976 bits per heavy atom. The molecule has 1 aromatic rings. The molecule has 7 fully saturated rings. The number of carboxylic acid groups (broad SMARTS) is 1. The third kappa shape index (κ3) is 4.73. The van der Waals surface area contributed by atoms with Crippen molar-refractivity contribution >= 4 is 5.97 Å². The van der Waals surface area contributed by atoms with Gasteiger partial charge in [0, 0.05) is 0 Å². The molecule has 2 N–H and O–H groups in total. The number of nitrogens with one attached hydrogen (secondary N) is 1. The van der Waals surface area contributed by atoms with Gasteiger partial charge in [-0.05, 0) is 147 Å². The maximum atomic E-state index is 12.6. The lowest BCUT2D eigenvalue weighted by molar-refractivity contribution is -0.139. The number of fused-ring (bicyclic) bond motifs is 13. The Morgan fingerprint density at radius 1 is 0.595 bits per heavy atom. The minimum absolute atomic E-state index is 0.480. The number of carboxylic acids is 1. The predicted octanol–water partition coefficient (Wildman–Crippen LogP) is 8.62.